The first-order valence-electron chi connectivity index (χ1n) is 7.36. The summed E-state index contributed by atoms with van der Waals surface area (Å²) in [6, 6.07) is 3.70. The van der Waals surface area contributed by atoms with Gasteiger partial charge in [0.15, 0.2) is 5.13 Å². The van der Waals surface area contributed by atoms with E-state index in [1.807, 2.05) is 17.5 Å². The average molecular weight is 321 g/mol. The Balaban J connectivity index is 1.45. The van der Waals surface area contributed by atoms with Crippen molar-refractivity contribution in [2.75, 3.05) is 31.6 Å². The number of amides is 1. The second kappa shape index (κ2) is 7.53. The van der Waals surface area contributed by atoms with Crippen molar-refractivity contribution in [1.82, 2.24) is 9.88 Å². The van der Waals surface area contributed by atoms with E-state index in [1.54, 1.807) is 6.26 Å². The highest BCUT2D eigenvalue weighted by atomic mass is 32.1. The van der Waals surface area contributed by atoms with E-state index in [1.165, 1.54) is 11.3 Å². The van der Waals surface area contributed by atoms with Crippen molar-refractivity contribution < 1.29 is 13.9 Å². The maximum atomic E-state index is 11.9. The summed E-state index contributed by atoms with van der Waals surface area (Å²) in [5.74, 6) is 0.783. The zero-order valence-corrected chi connectivity index (χ0v) is 13.1. The summed E-state index contributed by atoms with van der Waals surface area (Å²) in [7, 11) is 0. The Morgan fingerprint density at radius 1 is 1.41 bits per heavy atom. The number of nitrogens with zero attached hydrogens (tertiary/aromatic N) is 2. The molecule has 0 atom stereocenters. The molecule has 0 aliphatic carbocycles. The van der Waals surface area contributed by atoms with E-state index < -0.39 is 0 Å². The van der Waals surface area contributed by atoms with Crippen LogP contribution in [-0.4, -0.2) is 42.1 Å². The number of carbonyl (C=O) groups excluding carboxylic acids is 1. The summed E-state index contributed by atoms with van der Waals surface area (Å²) in [5.41, 5.74) is 0.994. The lowest BCUT2D eigenvalue weighted by Gasteiger charge is -2.25. The molecule has 0 saturated carbocycles. The molecule has 22 heavy (non-hydrogen) atoms. The number of aromatic nitrogens is 1. The predicted octanol–water partition coefficient (Wildman–Crippen LogP) is 2.14. The molecule has 0 unspecified atom stereocenters. The first-order valence-corrected chi connectivity index (χ1v) is 8.24. The maximum Gasteiger partial charge on any atom is 0.226 e. The summed E-state index contributed by atoms with van der Waals surface area (Å²) in [6.45, 7) is 4.23. The normalized spacial score (nSPS) is 15.8. The summed E-state index contributed by atoms with van der Waals surface area (Å²) < 4.78 is 10.5. The van der Waals surface area contributed by atoms with Crippen LogP contribution in [-0.2, 0) is 22.5 Å². The number of ether oxygens (including phenoxy) is 1. The second-order valence-electron chi connectivity index (χ2n) is 5.16. The molecule has 0 spiro atoms. The van der Waals surface area contributed by atoms with Crippen LogP contribution in [0.25, 0.3) is 0 Å². The summed E-state index contributed by atoms with van der Waals surface area (Å²) >= 11 is 1.47. The van der Waals surface area contributed by atoms with E-state index in [4.69, 9.17) is 9.15 Å². The van der Waals surface area contributed by atoms with Crippen molar-refractivity contribution in [1.29, 1.82) is 0 Å². The molecule has 1 saturated heterocycles. The number of hydrogen-bond acceptors (Lipinski definition) is 6. The molecule has 1 fully saturated rings. The summed E-state index contributed by atoms with van der Waals surface area (Å²) in [5, 5.41) is 5.50. The van der Waals surface area contributed by atoms with Crippen LogP contribution in [0.4, 0.5) is 5.13 Å². The van der Waals surface area contributed by atoms with Gasteiger partial charge in [0.2, 0.25) is 5.91 Å². The zero-order valence-electron chi connectivity index (χ0n) is 12.3. The lowest BCUT2D eigenvalue weighted by Crippen LogP contribution is -2.35. The first kappa shape index (κ1) is 15.2. The number of nitrogens with one attached hydrogen (secondary N) is 1. The Morgan fingerprint density at radius 3 is 3.05 bits per heavy atom. The molecule has 1 aliphatic heterocycles. The maximum absolute atomic E-state index is 11.9. The predicted molar refractivity (Wildman–Crippen MR) is 83.9 cm³/mol. The second-order valence-corrected chi connectivity index (χ2v) is 6.02. The van der Waals surface area contributed by atoms with E-state index >= 15 is 0 Å². The number of hydrogen-bond donors (Lipinski definition) is 1. The van der Waals surface area contributed by atoms with Crippen LogP contribution in [0, 0.1) is 0 Å². The minimum absolute atomic E-state index is 0.0383. The van der Waals surface area contributed by atoms with Crippen LogP contribution >= 0.6 is 11.3 Å². The third-order valence-electron chi connectivity index (χ3n) is 3.47. The van der Waals surface area contributed by atoms with E-state index in [-0.39, 0.29) is 5.91 Å². The summed E-state index contributed by atoms with van der Waals surface area (Å²) in [6.07, 6.45) is 2.61. The highest BCUT2D eigenvalue weighted by Crippen LogP contribution is 2.17. The van der Waals surface area contributed by atoms with E-state index in [0.717, 1.165) is 44.3 Å². The van der Waals surface area contributed by atoms with E-state index in [2.05, 4.69) is 15.2 Å². The van der Waals surface area contributed by atoms with Crippen LogP contribution in [0.15, 0.2) is 28.2 Å². The first-order chi connectivity index (χ1) is 10.8. The van der Waals surface area contributed by atoms with Gasteiger partial charge in [-0.1, -0.05) is 0 Å². The number of furan rings is 1. The molecule has 1 aliphatic rings. The molecule has 0 aromatic carbocycles. The molecular weight excluding hydrogens is 302 g/mol. The van der Waals surface area contributed by atoms with Gasteiger partial charge in [-0.3, -0.25) is 9.69 Å². The minimum atomic E-state index is -0.0383. The van der Waals surface area contributed by atoms with Crippen molar-refractivity contribution in [3.05, 3.63) is 35.2 Å². The molecule has 2 aromatic heterocycles. The van der Waals surface area contributed by atoms with Crippen molar-refractivity contribution in [2.24, 2.45) is 0 Å². The number of thiazole rings is 1. The van der Waals surface area contributed by atoms with Crippen molar-refractivity contribution in [2.45, 2.75) is 19.4 Å². The van der Waals surface area contributed by atoms with Crippen LogP contribution in [0.3, 0.4) is 0 Å². The Labute approximate surface area is 133 Å². The third kappa shape index (κ3) is 4.40. The Bertz CT molecular complexity index is 591. The van der Waals surface area contributed by atoms with Crippen molar-refractivity contribution in [3.8, 4) is 0 Å². The number of morpholine rings is 1. The van der Waals surface area contributed by atoms with Gasteiger partial charge in [-0.15, -0.1) is 11.3 Å². The number of carbonyl (C=O) groups is 1. The van der Waals surface area contributed by atoms with Gasteiger partial charge in [0.05, 0.1) is 25.2 Å². The lowest BCUT2D eigenvalue weighted by molar-refractivity contribution is -0.116. The molecule has 0 radical (unpaired) electrons. The molecule has 3 rings (SSSR count). The molecule has 118 valence electrons. The highest BCUT2D eigenvalue weighted by molar-refractivity contribution is 7.13. The van der Waals surface area contributed by atoms with Crippen LogP contribution < -0.4 is 5.32 Å². The Hall–Kier alpha value is -1.70. The van der Waals surface area contributed by atoms with E-state index in [0.29, 0.717) is 18.0 Å². The smallest absolute Gasteiger partial charge is 0.226 e. The van der Waals surface area contributed by atoms with E-state index in [9.17, 15) is 4.79 Å². The van der Waals surface area contributed by atoms with Gasteiger partial charge in [0.25, 0.3) is 0 Å². The van der Waals surface area contributed by atoms with Crippen LogP contribution in [0.1, 0.15) is 17.9 Å². The Kier molecular flexibility index (Phi) is 5.20. The fraction of sp³-hybridized carbons (Fsp3) is 0.467. The van der Waals surface area contributed by atoms with Gasteiger partial charge >= 0.3 is 0 Å². The van der Waals surface area contributed by atoms with Gasteiger partial charge in [0.1, 0.15) is 5.76 Å². The molecule has 6 nitrogen and oxygen atoms in total. The molecular formula is C15H19N3O3S. The van der Waals surface area contributed by atoms with Gasteiger partial charge < -0.3 is 14.5 Å². The fourth-order valence-electron chi connectivity index (χ4n) is 2.30. The lowest BCUT2D eigenvalue weighted by atomic mass is 10.2. The molecule has 1 N–H and O–H groups in total. The molecule has 0 bridgehead atoms. The van der Waals surface area contributed by atoms with Crippen molar-refractivity contribution >= 4 is 22.4 Å². The van der Waals surface area contributed by atoms with Gasteiger partial charge in [-0.25, -0.2) is 4.98 Å². The molecule has 7 heteroatoms. The molecule has 3 heterocycles. The average Bonchev–Trinajstić information content (AvgIpc) is 3.18. The zero-order chi connectivity index (χ0) is 15.2. The highest BCUT2D eigenvalue weighted by Gasteiger charge is 2.13. The largest absolute Gasteiger partial charge is 0.469 e. The fourth-order valence-corrected chi connectivity index (χ4v) is 3.02. The van der Waals surface area contributed by atoms with Crippen LogP contribution in [0.5, 0.6) is 0 Å². The minimum Gasteiger partial charge on any atom is -0.469 e. The number of rotatable bonds is 6. The van der Waals surface area contributed by atoms with Gasteiger partial charge in [-0.2, -0.15) is 0 Å². The topological polar surface area (TPSA) is 67.6 Å². The quantitative estimate of drug-likeness (QED) is 0.883. The Morgan fingerprint density at radius 2 is 2.27 bits per heavy atom. The van der Waals surface area contributed by atoms with Crippen molar-refractivity contribution in [3.63, 3.8) is 0 Å². The van der Waals surface area contributed by atoms with Gasteiger partial charge in [0, 0.05) is 37.9 Å². The standard InChI is InChI=1S/C15H19N3O3S/c19-14(4-3-13-2-1-7-21-13)17-15-16-12(11-22-15)10-18-5-8-20-9-6-18/h1-2,7,11H,3-6,8-10H2,(H,16,17,19). The number of anilines is 1. The number of aryl methyl sites for hydroxylation is 1. The monoisotopic (exact) mass is 321 g/mol. The summed E-state index contributed by atoms with van der Waals surface area (Å²) in [4.78, 5) is 18.7. The van der Waals surface area contributed by atoms with Gasteiger partial charge in [-0.05, 0) is 12.1 Å². The van der Waals surface area contributed by atoms with Crippen LogP contribution in [0.2, 0.25) is 0 Å². The third-order valence-corrected chi connectivity index (χ3v) is 4.27. The molecule has 1 amide bonds. The molecule has 2 aromatic rings. The SMILES string of the molecule is O=C(CCc1ccco1)Nc1nc(CN2CCOCC2)cs1.